The van der Waals surface area contributed by atoms with Gasteiger partial charge >= 0.3 is 0 Å². The molecule has 8 nitrogen and oxygen atoms in total. The molecule has 3 heterocycles. The zero-order valence-corrected chi connectivity index (χ0v) is 18.6. The highest BCUT2D eigenvalue weighted by molar-refractivity contribution is 5.84. The van der Waals surface area contributed by atoms with Crippen molar-refractivity contribution < 1.29 is 4.74 Å². The highest BCUT2D eigenvalue weighted by atomic mass is 16.5. The van der Waals surface area contributed by atoms with E-state index in [1.807, 2.05) is 36.7 Å². The maximum Gasteiger partial charge on any atom is 0.229 e. The van der Waals surface area contributed by atoms with Crippen molar-refractivity contribution in [1.29, 1.82) is 0 Å². The molecule has 1 aromatic carbocycles. The van der Waals surface area contributed by atoms with Crippen molar-refractivity contribution in [1.82, 2.24) is 19.9 Å². The number of piperazine rings is 1. The Bertz CT molecular complexity index is 1040. The number of ether oxygens (including phenoxy) is 1. The summed E-state index contributed by atoms with van der Waals surface area (Å²) in [5.74, 6) is 2.03. The molecule has 0 bridgehead atoms. The topological polar surface area (TPSA) is 92.4 Å². The molecule has 0 amide bonds. The van der Waals surface area contributed by atoms with Gasteiger partial charge in [-0.15, -0.1) is 0 Å². The number of hydrogen-bond acceptors (Lipinski definition) is 8. The second-order valence-electron chi connectivity index (χ2n) is 8.86. The van der Waals surface area contributed by atoms with E-state index in [2.05, 4.69) is 38.2 Å². The van der Waals surface area contributed by atoms with Gasteiger partial charge in [-0.1, -0.05) is 12.1 Å². The Hall–Kier alpha value is -2.97. The van der Waals surface area contributed by atoms with E-state index >= 15 is 0 Å². The lowest BCUT2D eigenvalue weighted by Gasteiger charge is -2.33. The molecule has 1 saturated carbocycles. The van der Waals surface area contributed by atoms with Crippen LogP contribution in [0.2, 0.25) is 0 Å². The van der Waals surface area contributed by atoms with Crippen LogP contribution in [0.15, 0.2) is 42.7 Å². The summed E-state index contributed by atoms with van der Waals surface area (Å²) in [7, 11) is 2.16. The summed E-state index contributed by atoms with van der Waals surface area (Å²) in [6, 6.07) is 10.4. The van der Waals surface area contributed by atoms with Gasteiger partial charge in [-0.3, -0.25) is 0 Å². The van der Waals surface area contributed by atoms with Gasteiger partial charge in [0.15, 0.2) is 0 Å². The summed E-state index contributed by atoms with van der Waals surface area (Å²) < 4.78 is 6.31. The molecule has 0 unspecified atom stereocenters. The number of pyridine rings is 1. The first kappa shape index (κ1) is 20.9. The normalized spacial score (nSPS) is 22.1. The van der Waals surface area contributed by atoms with Crippen LogP contribution in [0.4, 0.5) is 17.5 Å². The predicted octanol–water partition coefficient (Wildman–Crippen LogP) is 3.17. The van der Waals surface area contributed by atoms with Crippen LogP contribution in [-0.4, -0.2) is 65.2 Å². The zero-order chi connectivity index (χ0) is 21.9. The molecule has 2 aliphatic rings. The summed E-state index contributed by atoms with van der Waals surface area (Å²) in [5, 5.41) is 4.20. The molecule has 1 saturated heterocycles. The average molecular weight is 434 g/mol. The first-order valence-electron chi connectivity index (χ1n) is 11.5. The van der Waals surface area contributed by atoms with Gasteiger partial charge in [-0.2, -0.15) is 0 Å². The molecule has 3 N–H and O–H groups in total. The maximum absolute atomic E-state index is 6.31. The third-order valence-electron chi connectivity index (χ3n) is 6.44. The Balaban J connectivity index is 1.30. The third-order valence-corrected chi connectivity index (χ3v) is 6.44. The molecule has 1 aliphatic carbocycles. The van der Waals surface area contributed by atoms with E-state index in [1.165, 1.54) is 0 Å². The number of hydrogen-bond donors (Lipinski definition) is 2. The minimum absolute atomic E-state index is 0.190. The Morgan fingerprint density at radius 3 is 2.53 bits per heavy atom. The Kier molecular flexibility index (Phi) is 6.05. The van der Waals surface area contributed by atoms with Gasteiger partial charge in [0.25, 0.3) is 0 Å². The molecular formula is C24H31N7O. The average Bonchev–Trinajstić information content (AvgIpc) is 2.82. The Labute approximate surface area is 188 Å². The van der Waals surface area contributed by atoms with Crippen LogP contribution >= 0.6 is 0 Å². The molecule has 8 heteroatoms. The second-order valence-corrected chi connectivity index (χ2v) is 8.86. The van der Waals surface area contributed by atoms with Gasteiger partial charge in [0, 0.05) is 43.8 Å². The van der Waals surface area contributed by atoms with Crippen LogP contribution < -0.4 is 20.7 Å². The van der Waals surface area contributed by atoms with Crippen molar-refractivity contribution >= 4 is 28.4 Å². The minimum atomic E-state index is 0.190. The van der Waals surface area contributed by atoms with E-state index in [1.54, 1.807) is 0 Å². The van der Waals surface area contributed by atoms with E-state index in [9.17, 15) is 0 Å². The summed E-state index contributed by atoms with van der Waals surface area (Å²) in [6.07, 6.45) is 7.91. The number of likely N-dealkylation sites (N-methyl/N-ethyl adjacent to an activating group) is 1. The van der Waals surface area contributed by atoms with E-state index in [4.69, 9.17) is 15.5 Å². The molecule has 0 atom stereocenters. The summed E-state index contributed by atoms with van der Waals surface area (Å²) in [6.45, 7) is 4.19. The molecule has 2 aromatic heterocycles. The number of aromatic nitrogens is 3. The monoisotopic (exact) mass is 433 g/mol. The Morgan fingerprint density at radius 1 is 0.969 bits per heavy atom. The van der Waals surface area contributed by atoms with Crippen LogP contribution in [0, 0.1) is 0 Å². The zero-order valence-electron chi connectivity index (χ0n) is 18.6. The molecule has 0 spiro atoms. The van der Waals surface area contributed by atoms with E-state index in [0.29, 0.717) is 12.0 Å². The third kappa shape index (κ3) is 4.76. The fraction of sp³-hybridized carbons (Fsp3) is 0.458. The highest BCUT2D eigenvalue weighted by Gasteiger charge is 2.21. The molecule has 168 valence electrons. The molecule has 32 heavy (non-hydrogen) atoms. The molecule has 5 rings (SSSR count). The van der Waals surface area contributed by atoms with Crippen LogP contribution in [0.3, 0.4) is 0 Å². The number of nitrogens with zero attached hydrogens (tertiary/aromatic N) is 5. The number of nitrogens with one attached hydrogen (secondary N) is 1. The van der Waals surface area contributed by atoms with Gasteiger partial charge in [-0.05, 0) is 50.9 Å². The lowest BCUT2D eigenvalue weighted by atomic mass is 9.94. The quantitative estimate of drug-likeness (QED) is 0.634. The van der Waals surface area contributed by atoms with Crippen LogP contribution in [0.5, 0.6) is 5.75 Å². The maximum atomic E-state index is 6.31. The lowest BCUT2D eigenvalue weighted by Crippen LogP contribution is -2.44. The van der Waals surface area contributed by atoms with Gasteiger partial charge < -0.3 is 25.6 Å². The molecular weight excluding hydrogens is 402 g/mol. The standard InChI is InChI=1S/C24H31N7O/c1-30-11-13-31(14-12-30)19-7-10-22(26-16-19)28-24-27-15-17-3-2-4-21(23(17)29-24)32-20-8-5-18(25)6-9-20/h2-4,7,10,15-16,18,20H,5-6,8-9,11-14,25H2,1H3,(H,26,27,28,29). The largest absolute Gasteiger partial charge is 0.488 e. The van der Waals surface area contributed by atoms with Crippen LogP contribution in [-0.2, 0) is 0 Å². The smallest absolute Gasteiger partial charge is 0.229 e. The fourth-order valence-corrected chi connectivity index (χ4v) is 4.40. The first-order valence-corrected chi connectivity index (χ1v) is 11.5. The number of benzene rings is 1. The summed E-state index contributed by atoms with van der Waals surface area (Å²) in [5.41, 5.74) is 7.99. The van der Waals surface area contributed by atoms with Crippen molar-refractivity contribution in [2.24, 2.45) is 5.73 Å². The van der Waals surface area contributed by atoms with Crippen molar-refractivity contribution in [2.75, 3.05) is 43.4 Å². The SMILES string of the molecule is CN1CCN(c2ccc(Nc3ncc4cccc(OC5CCC(N)CC5)c4n3)nc2)CC1. The van der Waals surface area contributed by atoms with E-state index in [0.717, 1.165) is 80.0 Å². The van der Waals surface area contributed by atoms with Gasteiger partial charge in [0.2, 0.25) is 5.95 Å². The van der Waals surface area contributed by atoms with Crippen molar-refractivity contribution in [3.63, 3.8) is 0 Å². The number of anilines is 3. The Morgan fingerprint density at radius 2 is 1.78 bits per heavy atom. The number of nitrogens with two attached hydrogens (primary N) is 1. The highest BCUT2D eigenvalue weighted by Crippen LogP contribution is 2.29. The van der Waals surface area contributed by atoms with Gasteiger partial charge in [-0.25, -0.2) is 15.0 Å². The van der Waals surface area contributed by atoms with Gasteiger partial charge in [0.1, 0.15) is 17.1 Å². The predicted molar refractivity (Wildman–Crippen MR) is 128 cm³/mol. The van der Waals surface area contributed by atoms with Crippen LogP contribution in [0.1, 0.15) is 25.7 Å². The summed E-state index contributed by atoms with van der Waals surface area (Å²) in [4.78, 5) is 18.5. The van der Waals surface area contributed by atoms with E-state index < -0.39 is 0 Å². The number of fused-ring (bicyclic) bond motifs is 1. The van der Waals surface area contributed by atoms with Gasteiger partial charge in [0.05, 0.1) is 18.0 Å². The second kappa shape index (κ2) is 9.26. The van der Waals surface area contributed by atoms with Crippen molar-refractivity contribution in [3.8, 4) is 5.75 Å². The molecule has 3 aromatic rings. The number of para-hydroxylation sites is 1. The minimum Gasteiger partial charge on any atom is -0.488 e. The number of rotatable bonds is 5. The molecule has 1 aliphatic heterocycles. The first-order chi connectivity index (χ1) is 15.6. The van der Waals surface area contributed by atoms with Crippen molar-refractivity contribution in [2.45, 2.75) is 37.8 Å². The summed E-state index contributed by atoms with van der Waals surface area (Å²) >= 11 is 0. The molecule has 2 fully saturated rings. The van der Waals surface area contributed by atoms with E-state index in [-0.39, 0.29) is 6.10 Å². The lowest BCUT2D eigenvalue weighted by molar-refractivity contribution is 0.149. The fourth-order valence-electron chi connectivity index (χ4n) is 4.40. The van der Waals surface area contributed by atoms with Crippen molar-refractivity contribution in [3.05, 3.63) is 42.7 Å². The molecule has 0 radical (unpaired) electrons. The van der Waals surface area contributed by atoms with Crippen LogP contribution in [0.25, 0.3) is 10.9 Å².